The Morgan fingerprint density at radius 3 is 2.31 bits per heavy atom. The Hall–Kier alpha value is -3.37. The number of aliphatic hydroxyl groups is 2. The summed E-state index contributed by atoms with van der Waals surface area (Å²) in [6.45, 7) is 5.83. The van der Waals surface area contributed by atoms with Gasteiger partial charge in [0.25, 0.3) is 0 Å². The zero-order chi connectivity index (χ0) is 33.2. The van der Waals surface area contributed by atoms with Crippen LogP contribution >= 0.6 is 0 Å². The number of carbonyl (C=O) groups excluding carboxylic acids is 3. The molecular formula is C36H54N4O5. The second-order valence-corrected chi connectivity index (χ2v) is 12.3. The Kier molecular flexibility index (Phi) is 17.3. The first-order valence-electron chi connectivity index (χ1n) is 16.4. The molecule has 1 aromatic carbocycles. The van der Waals surface area contributed by atoms with Crippen LogP contribution in [0.5, 0.6) is 0 Å². The maximum absolute atomic E-state index is 13.8. The first kappa shape index (κ1) is 37.8. The van der Waals surface area contributed by atoms with E-state index in [1.54, 1.807) is 18.9 Å². The number of terminal acetylenes is 1. The fourth-order valence-corrected chi connectivity index (χ4v) is 5.69. The maximum Gasteiger partial charge on any atom is 0.243 e. The lowest BCUT2D eigenvalue weighted by Gasteiger charge is -2.33. The minimum Gasteiger partial charge on any atom is -0.389 e. The molecule has 248 valence electrons. The minimum atomic E-state index is -1.26. The smallest absolute Gasteiger partial charge is 0.243 e. The number of likely N-dealkylation sites (N-methyl/N-ethyl adjacent to an activating group) is 2. The highest BCUT2D eigenvalue weighted by atomic mass is 16.3. The van der Waals surface area contributed by atoms with E-state index in [9.17, 15) is 24.6 Å². The van der Waals surface area contributed by atoms with E-state index in [-0.39, 0.29) is 25.2 Å². The third kappa shape index (κ3) is 13.7. The van der Waals surface area contributed by atoms with E-state index >= 15 is 0 Å². The van der Waals surface area contributed by atoms with E-state index in [0.29, 0.717) is 25.3 Å². The van der Waals surface area contributed by atoms with Crippen molar-refractivity contribution in [3.05, 3.63) is 35.9 Å². The van der Waals surface area contributed by atoms with Gasteiger partial charge in [-0.1, -0.05) is 69.4 Å². The first-order valence-corrected chi connectivity index (χ1v) is 16.4. The number of hydrogen-bond acceptors (Lipinski definition) is 6. The zero-order valence-electron chi connectivity index (χ0n) is 27.6. The lowest BCUT2D eigenvalue weighted by molar-refractivity contribution is -0.136. The molecule has 1 aliphatic rings. The van der Waals surface area contributed by atoms with Crippen LogP contribution in [0.25, 0.3) is 0 Å². The molecule has 0 bridgehead atoms. The Morgan fingerprint density at radius 1 is 1.00 bits per heavy atom. The third-order valence-electron chi connectivity index (χ3n) is 8.79. The molecule has 5 atom stereocenters. The van der Waals surface area contributed by atoms with Gasteiger partial charge in [0.1, 0.15) is 12.1 Å². The van der Waals surface area contributed by atoms with Crippen LogP contribution in [-0.4, -0.2) is 95.8 Å². The van der Waals surface area contributed by atoms with E-state index in [1.807, 2.05) is 37.4 Å². The van der Waals surface area contributed by atoms with Gasteiger partial charge in [0.2, 0.25) is 17.7 Å². The van der Waals surface area contributed by atoms with Gasteiger partial charge in [-0.25, -0.2) is 0 Å². The molecule has 1 fully saturated rings. The first-order chi connectivity index (χ1) is 21.6. The summed E-state index contributed by atoms with van der Waals surface area (Å²) in [6, 6.07) is 7.74. The Bertz CT molecular complexity index is 1150. The molecule has 1 aliphatic carbocycles. The maximum atomic E-state index is 13.8. The van der Waals surface area contributed by atoms with Gasteiger partial charge in [-0.3, -0.25) is 14.4 Å². The Morgan fingerprint density at radius 2 is 1.69 bits per heavy atom. The molecule has 0 aliphatic heterocycles. The summed E-state index contributed by atoms with van der Waals surface area (Å²) in [4.78, 5) is 44.5. The second-order valence-electron chi connectivity index (χ2n) is 12.3. The predicted molar refractivity (Wildman–Crippen MR) is 178 cm³/mol. The molecule has 0 heterocycles. The van der Waals surface area contributed by atoms with Crippen LogP contribution in [-0.2, 0) is 20.8 Å². The molecule has 1 saturated carbocycles. The van der Waals surface area contributed by atoms with Gasteiger partial charge in [-0.2, -0.15) is 0 Å². The summed E-state index contributed by atoms with van der Waals surface area (Å²) < 4.78 is 0. The van der Waals surface area contributed by atoms with Crippen molar-refractivity contribution in [2.24, 2.45) is 11.8 Å². The molecule has 1 aromatic rings. The monoisotopic (exact) mass is 622 g/mol. The lowest BCUT2D eigenvalue weighted by atomic mass is 9.82. The van der Waals surface area contributed by atoms with Gasteiger partial charge in [0, 0.05) is 39.4 Å². The highest BCUT2D eigenvalue weighted by Gasteiger charge is 2.33. The SMILES string of the molecule is C#CC[C@H](O)[C@H](O)[C@H](CC1CCCCC1)NC(=O)[C@H](CC#CC)NC(=O)[C@@H](CC(=O)N(C)CCN(C)CC)Cc1ccccc1. The van der Waals surface area contributed by atoms with Crippen LogP contribution in [0.15, 0.2) is 30.3 Å². The van der Waals surface area contributed by atoms with Gasteiger partial charge < -0.3 is 30.6 Å². The molecule has 0 saturated heterocycles. The fourth-order valence-electron chi connectivity index (χ4n) is 5.69. The molecule has 3 amide bonds. The largest absolute Gasteiger partial charge is 0.389 e. The minimum absolute atomic E-state index is 0.0117. The van der Waals surface area contributed by atoms with Crippen molar-refractivity contribution in [2.75, 3.05) is 33.7 Å². The molecule has 0 radical (unpaired) electrons. The normalized spacial score (nSPS) is 16.7. The number of hydrogen-bond donors (Lipinski definition) is 4. The summed E-state index contributed by atoms with van der Waals surface area (Å²) in [5.41, 5.74) is 0.909. The number of aliphatic hydroxyl groups excluding tert-OH is 2. The number of nitrogens with one attached hydrogen (secondary N) is 2. The van der Waals surface area contributed by atoms with Crippen LogP contribution in [0, 0.1) is 36.0 Å². The van der Waals surface area contributed by atoms with Crippen molar-refractivity contribution < 1.29 is 24.6 Å². The van der Waals surface area contributed by atoms with Crippen molar-refractivity contribution in [1.29, 1.82) is 0 Å². The summed E-state index contributed by atoms with van der Waals surface area (Å²) in [7, 11) is 3.73. The average molecular weight is 623 g/mol. The highest BCUT2D eigenvalue weighted by Crippen LogP contribution is 2.28. The molecule has 9 heteroatoms. The summed E-state index contributed by atoms with van der Waals surface area (Å²) in [5.74, 6) is 6.59. The molecule has 45 heavy (non-hydrogen) atoms. The van der Waals surface area contributed by atoms with E-state index < -0.39 is 42.0 Å². The molecule has 4 N–H and O–H groups in total. The average Bonchev–Trinajstić information content (AvgIpc) is 3.05. The van der Waals surface area contributed by atoms with E-state index in [1.165, 1.54) is 0 Å². The molecular weight excluding hydrogens is 568 g/mol. The van der Waals surface area contributed by atoms with Crippen molar-refractivity contribution in [1.82, 2.24) is 20.4 Å². The molecule has 0 spiro atoms. The van der Waals surface area contributed by atoms with Crippen LogP contribution < -0.4 is 10.6 Å². The summed E-state index contributed by atoms with van der Waals surface area (Å²) in [6.07, 6.45) is 9.09. The van der Waals surface area contributed by atoms with E-state index in [0.717, 1.165) is 50.8 Å². The summed E-state index contributed by atoms with van der Waals surface area (Å²) in [5, 5.41) is 27.3. The van der Waals surface area contributed by atoms with E-state index in [2.05, 4.69) is 40.2 Å². The van der Waals surface area contributed by atoms with Crippen LogP contribution in [0.4, 0.5) is 0 Å². The van der Waals surface area contributed by atoms with E-state index in [4.69, 9.17) is 6.42 Å². The summed E-state index contributed by atoms with van der Waals surface area (Å²) >= 11 is 0. The molecule has 0 aromatic heterocycles. The second kappa shape index (κ2) is 20.6. The molecule has 9 nitrogen and oxygen atoms in total. The van der Waals surface area contributed by atoms with Gasteiger partial charge >= 0.3 is 0 Å². The number of amides is 3. The highest BCUT2D eigenvalue weighted by molar-refractivity contribution is 5.91. The zero-order valence-corrected chi connectivity index (χ0v) is 27.6. The Labute approximate surface area is 270 Å². The molecule has 0 unspecified atom stereocenters. The van der Waals surface area contributed by atoms with Crippen molar-refractivity contribution in [3.63, 3.8) is 0 Å². The number of carbonyl (C=O) groups is 3. The van der Waals surface area contributed by atoms with Gasteiger partial charge in [-0.05, 0) is 44.8 Å². The van der Waals surface area contributed by atoms with Crippen LogP contribution in [0.1, 0.15) is 77.2 Å². The van der Waals surface area contributed by atoms with Gasteiger partial charge in [-0.15, -0.1) is 24.2 Å². The van der Waals surface area contributed by atoms with Crippen molar-refractivity contribution in [2.45, 2.75) is 102 Å². The number of rotatable bonds is 18. The quantitative estimate of drug-likeness (QED) is 0.187. The van der Waals surface area contributed by atoms with Crippen molar-refractivity contribution >= 4 is 17.7 Å². The number of benzene rings is 1. The fraction of sp³-hybridized carbons (Fsp3) is 0.639. The van der Waals surface area contributed by atoms with Crippen LogP contribution in [0.3, 0.4) is 0 Å². The molecule has 2 rings (SSSR count). The standard InChI is InChI=1S/C36H54N4O5/c1-6-9-21-30(36(45)38-31(34(43)32(41)16-7-2)25-28-19-14-11-15-20-28)37-35(44)29(24-27-17-12-10-13-18-27)26-33(42)40(5)23-22-39(4)8-3/h2,10,12-13,17-18,28-32,34,41,43H,8,11,14-16,19-26H2,1,3-5H3,(H,37,44)(H,38,45)/t29-,30+,31+,32+,34-/m1/s1. The lowest BCUT2D eigenvalue weighted by Crippen LogP contribution is -2.55. The topological polar surface area (TPSA) is 122 Å². The number of nitrogens with zero attached hydrogens (tertiary/aromatic N) is 2. The van der Waals surface area contributed by atoms with Gasteiger partial charge in [0.05, 0.1) is 18.1 Å². The van der Waals surface area contributed by atoms with Gasteiger partial charge in [0.15, 0.2) is 0 Å². The Balaban J connectivity index is 2.24. The predicted octanol–water partition coefficient (Wildman–Crippen LogP) is 2.74. The van der Waals surface area contributed by atoms with Crippen molar-refractivity contribution in [3.8, 4) is 24.2 Å². The van der Waals surface area contributed by atoms with Crippen LogP contribution in [0.2, 0.25) is 0 Å². The third-order valence-corrected chi connectivity index (χ3v) is 8.79.